The Labute approximate surface area is 133 Å². The molecule has 1 N–H and O–H groups in total. The first-order valence-corrected chi connectivity index (χ1v) is 8.32. The minimum Gasteiger partial charge on any atom is -0.351 e. The van der Waals surface area contributed by atoms with E-state index in [1.165, 1.54) is 11.3 Å². The predicted octanol–water partition coefficient (Wildman–Crippen LogP) is 3.65. The molecule has 3 aromatic rings. The molecule has 0 saturated heterocycles. The van der Waals surface area contributed by atoms with Gasteiger partial charge in [-0.3, -0.25) is 4.79 Å². The summed E-state index contributed by atoms with van der Waals surface area (Å²) in [6, 6.07) is 12.2. The van der Waals surface area contributed by atoms with E-state index < -0.39 is 0 Å². The molecule has 114 valence electrons. The molecule has 3 rings (SSSR count). The van der Waals surface area contributed by atoms with Crippen molar-refractivity contribution in [3.63, 3.8) is 0 Å². The summed E-state index contributed by atoms with van der Waals surface area (Å²) in [6.45, 7) is 4.90. The van der Waals surface area contributed by atoms with Crippen molar-refractivity contribution >= 4 is 28.3 Å². The Morgan fingerprint density at radius 2 is 2.09 bits per heavy atom. The molecule has 22 heavy (non-hydrogen) atoms. The number of nitrogens with zero attached hydrogens (tertiary/aromatic N) is 2. The van der Waals surface area contributed by atoms with Crippen molar-refractivity contribution in [3.05, 3.63) is 52.5 Å². The number of fused-ring (bicyclic) bond motifs is 1. The van der Waals surface area contributed by atoms with Crippen LogP contribution in [0.25, 0.3) is 11.0 Å². The van der Waals surface area contributed by atoms with Gasteiger partial charge in [0.15, 0.2) is 0 Å². The minimum absolute atomic E-state index is 0.0118. The molecule has 4 nitrogen and oxygen atoms in total. The number of imidazole rings is 1. The summed E-state index contributed by atoms with van der Waals surface area (Å²) in [6.07, 6.45) is 0.726. The number of nitrogens with one attached hydrogen (secondary N) is 1. The number of benzene rings is 1. The Morgan fingerprint density at radius 1 is 1.27 bits per heavy atom. The molecular weight excluding hydrogens is 294 g/mol. The predicted molar refractivity (Wildman–Crippen MR) is 90.5 cm³/mol. The maximum Gasteiger partial charge on any atom is 0.261 e. The minimum atomic E-state index is -0.0118. The zero-order chi connectivity index (χ0) is 15.5. The summed E-state index contributed by atoms with van der Waals surface area (Å²) in [5.41, 5.74) is 2.16. The molecule has 0 atom stereocenters. The van der Waals surface area contributed by atoms with Crippen LogP contribution in [0.3, 0.4) is 0 Å². The van der Waals surface area contributed by atoms with Gasteiger partial charge in [-0.25, -0.2) is 4.98 Å². The summed E-state index contributed by atoms with van der Waals surface area (Å²) in [7, 11) is 0. The highest BCUT2D eigenvalue weighted by molar-refractivity contribution is 7.12. The number of carbonyl (C=O) groups is 1. The van der Waals surface area contributed by atoms with E-state index in [1.54, 1.807) is 0 Å². The number of thiophene rings is 1. The molecule has 0 saturated carbocycles. The van der Waals surface area contributed by atoms with E-state index in [2.05, 4.69) is 29.8 Å². The van der Waals surface area contributed by atoms with Gasteiger partial charge in [-0.1, -0.05) is 18.2 Å². The van der Waals surface area contributed by atoms with Crippen molar-refractivity contribution in [3.8, 4) is 0 Å². The van der Waals surface area contributed by atoms with Crippen molar-refractivity contribution in [1.82, 2.24) is 14.9 Å². The Bertz CT molecular complexity index is 774. The molecule has 0 radical (unpaired) electrons. The molecule has 0 aliphatic carbocycles. The maximum absolute atomic E-state index is 12.0. The van der Waals surface area contributed by atoms with Crippen molar-refractivity contribution in [2.75, 3.05) is 6.54 Å². The fourth-order valence-corrected chi connectivity index (χ4v) is 3.27. The third kappa shape index (κ3) is 2.90. The van der Waals surface area contributed by atoms with E-state index in [0.29, 0.717) is 12.6 Å². The molecule has 0 aliphatic heterocycles. The van der Waals surface area contributed by atoms with E-state index in [0.717, 1.165) is 28.2 Å². The first-order valence-electron chi connectivity index (χ1n) is 7.44. The van der Waals surface area contributed by atoms with Crippen LogP contribution in [0.2, 0.25) is 0 Å². The molecule has 1 amide bonds. The first kappa shape index (κ1) is 14.8. The number of aromatic nitrogens is 2. The highest BCUT2D eigenvalue weighted by Crippen LogP contribution is 2.21. The van der Waals surface area contributed by atoms with Crippen LogP contribution >= 0.6 is 11.3 Å². The van der Waals surface area contributed by atoms with Crippen LogP contribution in [0.4, 0.5) is 0 Å². The lowest BCUT2D eigenvalue weighted by atomic mass is 10.3. The number of para-hydroxylation sites is 2. The lowest BCUT2D eigenvalue weighted by Gasteiger charge is -2.13. The van der Waals surface area contributed by atoms with Crippen LogP contribution in [-0.2, 0) is 6.42 Å². The van der Waals surface area contributed by atoms with E-state index >= 15 is 0 Å². The molecule has 2 aromatic heterocycles. The molecule has 0 aliphatic rings. The molecule has 0 bridgehead atoms. The number of carbonyl (C=O) groups excluding carboxylic acids is 1. The van der Waals surface area contributed by atoms with Gasteiger partial charge in [0.1, 0.15) is 5.82 Å². The summed E-state index contributed by atoms with van der Waals surface area (Å²) < 4.78 is 2.24. The lowest BCUT2D eigenvalue weighted by Crippen LogP contribution is -2.25. The standard InChI is InChI=1S/C17H19N3OS/c1-12(2)20-14-7-4-3-6-13(14)19-16(20)9-10-18-17(21)15-8-5-11-22-15/h3-8,11-12H,9-10H2,1-2H3,(H,18,21). The van der Waals surface area contributed by atoms with E-state index in [-0.39, 0.29) is 5.91 Å². The summed E-state index contributed by atoms with van der Waals surface area (Å²) in [4.78, 5) is 17.4. The van der Waals surface area contributed by atoms with Crippen LogP contribution in [0, 0.1) is 0 Å². The molecule has 0 fully saturated rings. The Morgan fingerprint density at radius 3 is 2.82 bits per heavy atom. The number of hydrogen-bond acceptors (Lipinski definition) is 3. The van der Waals surface area contributed by atoms with Crippen molar-refractivity contribution in [1.29, 1.82) is 0 Å². The fraction of sp³-hybridized carbons (Fsp3) is 0.294. The van der Waals surface area contributed by atoms with Gasteiger partial charge in [-0.15, -0.1) is 11.3 Å². The zero-order valence-corrected chi connectivity index (χ0v) is 13.6. The van der Waals surface area contributed by atoms with Gasteiger partial charge in [-0.05, 0) is 37.4 Å². The second-order valence-corrected chi connectivity index (χ2v) is 6.41. The SMILES string of the molecule is CC(C)n1c(CCNC(=O)c2cccs2)nc2ccccc21. The molecular formula is C17H19N3OS. The van der Waals surface area contributed by atoms with E-state index in [1.807, 2.05) is 35.7 Å². The third-order valence-corrected chi connectivity index (χ3v) is 4.43. The normalized spacial score (nSPS) is 11.2. The topological polar surface area (TPSA) is 46.9 Å². The van der Waals surface area contributed by atoms with Crippen LogP contribution in [0.15, 0.2) is 41.8 Å². The molecule has 0 unspecified atom stereocenters. The van der Waals surface area contributed by atoms with Gasteiger partial charge in [0.2, 0.25) is 0 Å². The van der Waals surface area contributed by atoms with Crippen LogP contribution in [0.1, 0.15) is 35.4 Å². The van der Waals surface area contributed by atoms with Gasteiger partial charge < -0.3 is 9.88 Å². The van der Waals surface area contributed by atoms with Crippen molar-refractivity contribution in [2.24, 2.45) is 0 Å². The highest BCUT2D eigenvalue weighted by Gasteiger charge is 2.13. The first-order chi connectivity index (χ1) is 10.7. The number of rotatable bonds is 5. The lowest BCUT2D eigenvalue weighted by molar-refractivity contribution is 0.0958. The Hall–Kier alpha value is -2.14. The summed E-state index contributed by atoms with van der Waals surface area (Å²) in [5.74, 6) is 1.00. The number of amides is 1. The van der Waals surface area contributed by atoms with E-state index in [9.17, 15) is 4.79 Å². The smallest absolute Gasteiger partial charge is 0.261 e. The van der Waals surface area contributed by atoms with Gasteiger partial charge in [-0.2, -0.15) is 0 Å². The van der Waals surface area contributed by atoms with E-state index in [4.69, 9.17) is 4.98 Å². The fourth-order valence-electron chi connectivity index (χ4n) is 2.63. The largest absolute Gasteiger partial charge is 0.351 e. The average molecular weight is 313 g/mol. The Balaban J connectivity index is 1.74. The van der Waals surface area contributed by atoms with Crippen LogP contribution in [0.5, 0.6) is 0 Å². The summed E-state index contributed by atoms with van der Waals surface area (Å²) in [5, 5.41) is 4.87. The second kappa shape index (κ2) is 6.32. The number of hydrogen-bond donors (Lipinski definition) is 1. The second-order valence-electron chi connectivity index (χ2n) is 5.46. The molecule has 5 heteroatoms. The highest BCUT2D eigenvalue weighted by atomic mass is 32.1. The van der Waals surface area contributed by atoms with Gasteiger partial charge >= 0.3 is 0 Å². The van der Waals surface area contributed by atoms with Gasteiger partial charge in [0, 0.05) is 19.0 Å². The molecule has 1 aromatic carbocycles. The average Bonchev–Trinajstić information content (AvgIpc) is 3.14. The van der Waals surface area contributed by atoms with Crippen LogP contribution in [-0.4, -0.2) is 22.0 Å². The molecule has 2 heterocycles. The monoisotopic (exact) mass is 313 g/mol. The van der Waals surface area contributed by atoms with Gasteiger partial charge in [0.25, 0.3) is 5.91 Å². The summed E-state index contributed by atoms with van der Waals surface area (Å²) >= 11 is 1.46. The molecule has 0 spiro atoms. The maximum atomic E-state index is 12.0. The zero-order valence-electron chi connectivity index (χ0n) is 12.7. The third-order valence-electron chi connectivity index (χ3n) is 3.56. The Kier molecular flexibility index (Phi) is 4.24. The van der Waals surface area contributed by atoms with Crippen molar-refractivity contribution in [2.45, 2.75) is 26.3 Å². The van der Waals surface area contributed by atoms with Crippen LogP contribution < -0.4 is 5.32 Å². The van der Waals surface area contributed by atoms with Gasteiger partial charge in [0.05, 0.1) is 15.9 Å². The quantitative estimate of drug-likeness (QED) is 0.781. The van der Waals surface area contributed by atoms with Crippen molar-refractivity contribution < 1.29 is 4.79 Å².